The van der Waals surface area contributed by atoms with Gasteiger partial charge < -0.3 is 10.1 Å². The van der Waals surface area contributed by atoms with Gasteiger partial charge in [0.2, 0.25) is 0 Å². The lowest BCUT2D eigenvalue weighted by Crippen LogP contribution is -2.28. The normalized spacial score (nSPS) is 13.0. The molecular formula is C14H21BrFNO. The molecule has 0 aromatic heterocycles. The third kappa shape index (κ3) is 4.67. The van der Waals surface area contributed by atoms with E-state index in [-0.39, 0.29) is 18.0 Å². The SMILES string of the molecule is CCCNC(COC(C)C)c1cccc(Br)c1F. The van der Waals surface area contributed by atoms with Crippen molar-refractivity contribution in [1.82, 2.24) is 5.32 Å². The van der Waals surface area contributed by atoms with Gasteiger partial charge >= 0.3 is 0 Å². The number of halogens is 2. The van der Waals surface area contributed by atoms with Crippen molar-refractivity contribution in [3.8, 4) is 0 Å². The lowest BCUT2D eigenvalue weighted by molar-refractivity contribution is 0.0604. The summed E-state index contributed by atoms with van der Waals surface area (Å²) in [6, 6.07) is 5.25. The molecule has 2 nitrogen and oxygen atoms in total. The van der Waals surface area contributed by atoms with Crippen LogP contribution in [0.15, 0.2) is 22.7 Å². The number of hydrogen-bond acceptors (Lipinski definition) is 2. The predicted octanol–water partition coefficient (Wildman–Crippen LogP) is 4.05. The molecule has 0 aliphatic heterocycles. The van der Waals surface area contributed by atoms with Crippen molar-refractivity contribution in [3.63, 3.8) is 0 Å². The maximum Gasteiger partial charge on any atom is 0.142 e. The Labute approximate surface area is 117 Å². The summed E-state index contributed by atoms with van der Waals surface area (Å²) in [4.78, 5) is 0. The van der Waals surface area contributed by atoms with Gasteiger partial charge in [-0.25, -0.2) is 4.39 Å². The highest BCUT2D eigenvalue weighted by atomic mass is 79.9. The van der Waals surface area contributed by atoms with E-state index in [1.165, 1.54) is 0 Å². The molecule has 1 atom stereocenters. The van der Waals surface area contributed by atoms with E-state index < -0.39 is 0 Å². The summed E-state index contributed by atoms with van der Waals surface area (Å²) in [6.07, 6.45) is 1.15. The second-order valence-corrected chi connectivity index (χ2v) is 5.39. The highest BCUT2D eigenvalue weighted by Gasteiger charge is 2.17. The standard InChI is InChI=1S/C14H21BrFNO/c1-4-8-17-13(9-18-10(2)3)11-6-5-7-12(15)14(11)16/h5-7,10,13,17H,4,8-9H2,1-3H3. The number of ether oxygens (including phenoxy) is 1. The highest BCUT2D eigenvalue weighted by Crippen LogP contribution is 2.24. The molecular weight excluding hydrogens is 297 g/mol. The summed E-state index contributed by atoms with van der Waals surface area (Å²) in [5, 5.41) is 3.32. The van der Waals surface area contributed by atoms with Gasteiger partial charge in [0, 0.05) is 5.56 Å². The van der Waals surface area contributed by atoms with Gasteiger partial charge in [0.1, 0.15) is 5.82 Å². The van der Waals surface area contributed by atoms with E-state index >= 15 is 0 Å². The van der Waals surface area contributed by atoms with Gasteiger partial charge in [-0.3, -0.25) is 0 Å². The Bertz CT molecular complexity index is 371. The van der Waals surface area contributed by atoms with Crippen molar-refractivity contribution < 1.29 is 9.13 Å². The van der Waals surface area contributed by atoms with Crippen LogP contribution in [0.4, 0.5) is 4.39 Å². The van der Waals surface area contributed by atoms with Crippen molar-refractivity contribution in [1.29, 1.82) is 0 Å². The van der Waals surface area contributed by atoms with Gasteiger partial charge in [-0.15, -0.1) is 0 Å². The maximum atomic E-state index is 14.1. The molecule has 0 spiro atoms. The molecule has 1 N–H and O–H groups in total. The summed E-state index contributed by atoms with van der Waals surface area (Å²) in [5.41, 5.74) is 0.651. The Morgan fingerprint density at radius 2 is 2.11 bits per heavy atom. The first-order chi connectivity index (χ1) is 8.56. The molecule has 0 amide bonds. The second-order valence-electron chi connectivity index (χ2n) is 4.53. The van der Waals surface area contributed by atoms with Crippen LogP contribution in [0, 0.1) is 5.82 Å². The second kappa shape index (κ2) is 7.87. The van der Waals surface area contributed by atoms with Crippen molar-refractivity contribution >= 4 is 15.9 Å². The van der Waals surface area contributed by atoms with Crippen LogP contribution in [0.5, 0.6) is 0 Å². The molecule has 1 aromatic carbocycles. The minimum Gasteiger partial charge on any atom is -0.377 e. The number of hydrogen-bond donors (Lipinski definition) is 1. The molecule has 0 aliphatic carbocycles. The zero-order valence-corrected chi connectivity index (χ0v) is 12.8. The topological polar surface area (TPSA) is 21.3 Å². The third-order valence-corrected chi connectivity index (χ3v) is 3.21. The molecule has 0 fully saturated rings. The number of benzene rings is 1. The first-order valence-electron chi connectivity index (χ1n) is 6.35. The van der Waals surface area contributed by atoms with E-state index in [1.807, 2.05) is 19.9 Å². The predicted molar refractivity (Wildman–Crippen MR) is 76.2 cm³/mol. The van der Waals surface area contributed by atoms with Gasteiger partial charge in [0.05, 0.1) is 23.2 Å². The number of nitrogens with one attached hydrogen (secondary N) is 1. The lowest BCUT2D eigenvalue weighted by atomic mass is 10.1. The largest absolute Gasteiger partial charge is 0.377 e. The van der Waals surface area contributed by atoms with Gasteiger partial charge in [0.25, 0.3) is 0 Å². The van der Waals surface area contributed by atoms with E-state index in [2.05, 4.69) is 28.2 Å². The Balaban J connectivity index is 2.83. The van der Waals surface area contributed by atoms with Gasteiger partial charge in [-0.05, 0) is 48.8 Å². The third-order valence-electron chi connectivity index (χ3n) is 2.59. The monoisotopic (exact) mass is 317 g/mol. The average molecular weight is 318 g/mol. The maximum absolute atomic E-state index is 14.1. The van der Waals surface area contributed by atoms with Crippen molar-refractivity contribution in [2.45, 2.75) is 39.3 Å². The summed E-state index contributed by atoms with van der Waals surface area (Å²) in [5.74, 6) is -0.210. The average Bonchev–Trinajstić information content (AvgIpc) is 2.33. The molecule has 0 heterocycles. The fourth-order valence-electron chi connectivity index (χ4n) is 1.66. The molecule has 1 rings (SSSR count). The summed E-state index contributed by atoms with van der Waals surface area (Å²) < 4.78 is 20.2. The van der Waals surface area contributed by atoms with E-state index in [9.17, 15) is 4.39 Å². The van der Waals surface area contributed by atoms with Crippen LogP contribution in [0.3, 0.4) is 0 Å². The fourth-order valence-corrected chi connectivity index (χ4v) is 2.04. The van der Waals surface area contributed by atoms with Crippen LogP contribution in [-0.2, 0) is 4.74 Å². The lowest BCUT2D eigenvalue weighted by Gasteiger charge is -2.21. The smallest absolute Gasteiger partial charge is 0.142 e. The van der Waals surface area contributed by atoms with E-state index in [0.29, 0.717) is 16.6 Å². The molecule has 0 saturated heterocycles. The molecule has 0 saturated carbocycles. The first kappa shape index (κ1) is 15.6. The van der Waals surface area contributed by atoms with Gasteiger partial charge in [-0.1, -0.05) is 19.1 Å². The molecule has 1 aromatic rings. The van der Waals surface area contributed by atoms with Crippen molar-refractivity contribution in [2.24, 2.45) is 0 Å². The minimum absolute atomic E-state index is 0.107. The van der Waals surface area contributed by atoms with Crippen LogP contribution in [0.2, 0.25) is 0 Å². The van der Waals surface area contributed by atoms with Crippen LogP contribution >= 0.6 is 15.9 Å². The minimum atomic E-state index is -0.210. The molecule has 0 bridgehead atoms. The van der Waals surface area contributed by atoms with Gasteiger partial charge in [0.15, 0.2) is 0 Å². The Morgan fingerprint density at radius 3 is 2.72 bits per heavy atom. The Hall–Kier alpha value is -0.450. The number of rotatable bonds is 7. The van der Waals surface area contributed by atoms with E-state index in [0.717, 1.165) is 13.0 Å². The zero-order chi connectivity index (χ0) is 13.5. The summed E-state index contributed by atoms with van der Waals surface area (Å²) >= 11 is 3.22. The van der Waals surface area contributed by atoms with Crippen molar-refractivity contribution in [3.05, 3.63) is 34.1 Å². The van der Waals surface area contributed by atoms with Gasteiger partial charge in [-0.2, -0.15) is 0 Å². The van der Waals surface area contributed by atoms with Crippen molar-refractivity contribution in [2.75, 3.05) is 13.2 Å². The summed E-state index contributed by atoms with van der Waals surface area (Å²) in [6.45, 7) is 7.37. The molecule has 0 radical (unpaired) electrons. The van der Waals surface area contributed by atoms with Crippen LogP contribution in [0.25, 0.3) is 0 Å². The van der Waals surface area contributed by atoms with Crippen LogP contribution in [-0.4, -0.2) is 19.3 Å². The summed E-state index contributed by atoms with van der Waals surface area (Å²) in [7, 11) is 0. The fraction of sp³-hybridized carbons (Fsp3) is 0.571. The Kier molecular flexibility index (Phi) is 6.82. The highest BCUT2D eigenvalue weighted by molar-refractivity contribution is 9.10. The molecule has 18 heavy (non-hydrogen) atoms. The molecule has 1 unspecified atom stereocenters. The van der Waals surface area contributed by atoms with Crippen LogP contribution in [0.1, 0.15) is 38.8 Å². The molecule has 4 heteroatoms. The van der Waals surface area contributed by atoms with E-state index in [4.69, 9.17) is 4.74 Å². The molecule has 0 aliphatic rings. The van der Waals surface area contributed by atoms with E-state index in [1.54, 1.807) is 12.1 Å². The quantitative estimate of drug-likeness (QED) is 0.819. The van der Waals surface area contributed by atoms with Crippen LogP contribution < -0.4 is 5.32 Å². The zero-order valence-electron chi connectivity index (χ0n) is 11.2. The first-order valence-corrected chi connectivity index (χ1v) is 7.14. The Morgan fingerprint density at radius 1 is 1.39 bits per heavy atom. The molecule has 102 valence electrons.